The van der Waals surface area contributed by atoms with Crippen LogP contribution in [0.4, 0.5) is 13.2 Å². The highest BCUT2D eigenvalue weighted by Gasteiger charge is 2.52. The van der Waals surface area contributed by atoms with Crippen molar-refractivity contribution in [2.75, 3.05) is 13.1 Å². The molecule has 1 atom stereocenters. The third-order valence-corrected chi connectivity index (χ3v) is 3.91. The van der Waals surface area contributed by atoms with Crippen LogP contribution in [0.25, 0.3) is 0 Å². The first-order chi connectivity index (χ1) is 9.83. The molecule has 0 aromatic heterocycles. The summed E-state index contributed by atoms with van der Waals surface area (Å²) in [4.78, 5) is 24.0. The van der Waals surface area contributed by atoms with Crippen LogP contribution in [0.2, 0.25) is 0 Å². The van der Waals surface area contributed by atoms with Crippen LogP contribution >= 0.6 is 0 Å². The summed E-state index contributed by atoms with van der Waals surface area (Å²) in [5, 5.41) is 0. The molecule has 1 unspecified atom stereocenters. The van der Waals surface area contributed by atoms with E-state index in [0.717, 1.165) is 4.90 Å². The van der Waals surface area contributed by atoms with Gasteiger partial charge in [0, 0.05) is 12.1 Å². The molecule has 1 aromatic carbocycles. The molecule has 1 saturated heterocycles. The molecule has 1 aromatic rings. The van der Waals surface area contributed by atoms with E-state index in [4.69, 9.17) is 4.74 Å². The molecular weight excluding hydrogens is 287 g/mol. The van der Waals surface area contributed by atoms with Gasteiger partial charge in [0.1, 0.15) is 0 Å². The molecule has 0 saturated carbocycles. The van der Waals surface area contributed by atoms with Crippen LogP contribution in [0.1, 0.15) is 28.8 Å². The van der Waals surface area contributed by atoms with Gasteiger partial charge in [-0.2, -0.15) is 13.2 Å². The molecule has 0 bridgehead atoms. The number of nitrogens with zero attached hydrogens (tertiary/aromatic N) is 1. The molecule has 0 aliphatic carbocycles. The van der Waals surface area contributed by atoms with Crippen molar-refractivity contribution in [3.8, 4) is 0 Å². The van der Waals surface area contributed by atoms with Crippen molar-refractivity contribution >= 4 is 11.9 Å². The zero-order chi connectivity index (χ0) is 15.3. The Kier molecular flexibility index (Phi) is 2.96. The van der Waals surface area contributed by atoms with Crippen LogP contribution in [-0.4, -0.2) is 36.0 Å². The molecule has 21 heavy (non-hydrogen) atoms. The van der Waals surface area contributed by atoms with E-state index in [-0.39, 0.29) is 13.1 Å². The second-order valence-corrected chi connectivity index (χ2v) is 5.26. The third-order valence-electron chi connectivity index (χ3n) is 3.91. The van der Waals surface area contributed by atoms with E-state index in [2.05, 4.69) is 0 Å². The van der Waals surface area contributed by atoms with Crippen molar-refractivity contribution in [2.45, 2.75) is 24.6 Å². The molecule has 0 radical (unpaired) electrons. The standard InChI is InChI=1S/C14H12F3NO3/c15-14(16,17)12(20)18-7-3-6-13(8-18)10-5-2-1-4-9(10)11(19)21-13/h1-2,4-5H,3,6-8H2. The third kappa shape index (κ3) is 2.16. The first-order valence-electron chi connectivity index (χ1n) is 6.52. The Hall–Kier alpha value is -2.05. The number of hydrogen-bond donors (Lipinski definition) is 0. The average Bonchev–Trinajstić information content (AvgIpc) is 2.70. The highest BCUT2D eigenvalue weighted by atomic mass is 19.4. The fourth-order valence-electron chi connectivity index (χ4n) is 3.02. The Labute approximate surface area is 118 Å². The maximum Gasteiger partial charge on any atom is 0.471 e. The van der Waals surface area contributed by atoms with E-state index >= 15 is 0 Å². The summed E-state index contributed by atoms with van der Waals surface area (Å²) in [5.74, 6) is -2.44. The molecule has 0 N–H and O–H groups in total. The number of carbonyl (C=O) groups excluding carboxylic acids is 2. The maximum absolute atomic E-state index is 12.6. The van der Waals surface area contributed by atoms with Crippen molar-refractivity contribution < 1.29 is 27.5 Å². The van der Waals surface area contributed by atoms with Gasteiger partial charge in [-0.15, -0.1) is 0 Å². The quantitative estimate of drug-likeness (QED) is 0.690. The molecule has 1 spiro atoms. The van der Waals surface area contributed by atoms with Crippen LogP contribution < -0.4 is 0 Å². The molecule has 4 nitrogen and oxygen atoms in total. The smallest absolute Gasteiger partial charge is 0.449 e. The number of carbonyl (C=O) groups is 2. The van der Waals surface area contributed by atoms with Gasteiger partial charge in [-0.25, -0.2) is 4.79 Å². The van der Waals surface area contributed by atoms with Gasteiger partial charge in [-0.1, -0.05) is 18.2 Å². The number of esters is 1. The minimum absolute atomic E-state index is 0.0137. The summed E-state index contributed by atoms with van der Waals surface area (Å²) in [7, 11) is 0. The van der Waals surface area contributed by atoms with Crippen LogP contribution in [0.5, 0.6) is 0 Å². The number of halogens is 3. The largest absolute Gasteiger partial charge is 0.471 e. The predicted octanol–water partition coefficient (Wildman–Crippen LogP) is 2.24. The number of ether oxygens (including phenoxy) is 1. The van der Waals surface area contributed by atoms with E-state index in [1.165, 1.54) is 0 Å². The van der Waals surface area contributed by atoms with Crippen LogP contribution in [-0.2, 0) is 15.1 Å². The summed E-state index contributed by atoms with van der Waals surface area (Å²) in [6, 6.07) is 6.62. The number of alkyl halides is 3. The monoisotopic (exact) mass is 299 g/mol. The van der Waals surface area contributed by atoms with Crippen LogP contribution in [0, 0.1) is 0 Å². The van der Waals surface area contributed by atoms with E-state index in [1.807, 2.05) is 0 Å². The van der Waals surface area contributed by atoms with Gasteiger partial charge in [0.15, 0.2) is 5.60 Å². The molecule has 2 heterocycles. The minimum Gasteiger partial charge on any atom is -0.449 e. The highest BCUT2D eigenvalue weighted by Crippen LogP contribution is 2.43. The lowest BCUT2D eigenvalue weighted by Gasteiger charge is -2.39. The Morgan fingerprint density at radius 1 is 1.29 bits per heavy atom. The number of benzene rings is 1. The molecule has 1 amide bonds. The zero-order valence-corrected chi connectivity index (χ0v) is 10.9. The Morgan fingerprint density at radius 2 is 2.00 bits per heavy atom. The second-order valence-electron chi connectivity index (χ2n) is 5.26. The molecule has 1 fully saturated rings. The van der Waals surface area contributed by atoms with E-state index in [0.29, 0.717) is 24.0 Å². The lowest BCUT2D eigenvalue weighted by atomic mass is 9.85. The number of rotatable bonds is 0. The van der Waals surface area contributed by atoms with Gasteiger partial charge < -0.3 is 9.64 Å². The van der Waals surface area contributed by atoms with Crippen molar-refractivity contribution in [1.82, 2.24) is 4.90 Å². The van der Waals surface area contributed by atoms with E-state index in [1.54, 1.807) is 24.3 Å². The fourth-order valence-corrected chi connectivity index (χ4v) is 3.02. The van der Waals surface area contributed by atoms with Gasteiger partial charge in [0.25, 0.3) is 0 Å². The molecule has 2 aliphatic rings. The molecule has 2 aliphatic heterocycles. The minimum atomic E-state index is -4.92. The Morgan fingerprint density at radius 3 is 2.71 bits per heavy atom. The number of likely N-dealkylation sites (tertiary alicyclic amines) is 1. The van der Waals surface area contributed by atoms with Crippen LogP contribution in [0.15, 0.2) is 24.3 Å². The van der Waals surface area contributed by atoms with Gasteiger partial charge in [-0.05, 0) is 18.9 Å². The Bertz CT molecular complexity index is 614. The first kappa shape index (κ1) is 13.9. The van der Waals surface area contributed by atoms with Gasteiger partial charge in [-0.3, -0.25) is 4.79 Å². The first-order valence-corrected chi connectivity index (χ1v) is 6.52. The average molecular weight is 299 g/mol. The van der Waals surface area contributed by atoms with Crippen molar-refractivity contribution in [1.29, 1.82) is 0 Å². The zero-order valence-electron chi connectivity index (χ0n) is 10.9. The molecule has 7 heteroatoms. The van der Waals surface area contributed by atoms with E-state index < -0.39 is 23.7 Å². The van der Waals surface area contributed by atoms with Crippen LogP contribution in [0.3, 0.4) is 0 Å². The van der Waals surface area contributed by atoms with Crippen molar-refractivity contribution in [2.24, 2.45) is 0 Å². The van der Waals surface area contributed by atoms with E-state index in [9.17, 15) is 22.8 Å². The molecular formula is C14H12F3NO3. The number of fused-ring (bicyclic) bond motifs is 2. The summed E-state index contributed by atoms with van der Waals surface area (Å²) in [5.41, 5.74) is -0.221. The number of piperidine rings is 1. The summed E-state index contributed by atoms with van der Waals surface area (Å²) >= 11 is 0. The number of hydrogen-bond acceptors (Lipinski definition) is 3. The molecule has 3 rings (SSSR count). The molecule has 112 valence electrons. The van der Waals surface area contributed by atoms with Gasteiger partial charge in [0.2, 0.25) is 0 Å². The fraction of sp³-hybridized carbons (Fsp3) is 0.429. The van der Waals surface area contributed by atoms with Gasteiger partial charge in [0.05, 0.1) is 12.1 Å². The van der Waals surface area contributed by atoms with Crippen molar-refractivity contribution in [3.05, 3.63) is 35.4 Å². The second kappa shape index (κ2) is 4.47. The van der Waals surface area contributed by atoms with Gasteiger partial charge >= 0.3 is 18.1 Å². The summed E-state index contributed by atoms with van der Waals surface area (Å²) in [6.45, 7) is -0.242. The summed E-state index contributed by atoms with van der Waals surface area (Å²) < 4.78 is 43.1. The van der Waals surface area contributed by atoms with Crippen molar-refractivity contribution in [3.63, 3.8) is 0 Å². The maximum atomic E-state index is 12.6. The highest BCUT2D eigenvalue weighted by molar-refractivity contribution is 5.95. The topological polar surface area (TPSA) is 46.6 Å². The normalized spacial score (nSPS) is 24.9. The lowest BCUT2D eigenvalue weighted by molar-refractivity contribution is -0.190. The SMILES string of the molecule is O=C1OC2(CCCN(C(=O)C(F)(F)F)C2)c2ccccc21. The Balaban J connectivity index is 1.94. The lowest BCUT2D eigenvalue weighted by Crippen LogP contribution is -2.52. The predicted molar refractivity (Wildman–Crippen MR) is 65.4 cm³/mol. The number of amides is 1. The summed E-state index contributed by atoms with van der Waals surface area (Å²) in [6.07, 6.45) is -4.15.